The summed E-state index contributed by atoms with van der Waals surface area (Å²) in [6.45, 7) is 13.7. The van der Waals surface area contributed by atoms with E-state index in [2.05, 4.69) is 60.3 Å². The molecule has 0 spiro atoms. The first-order valence-corrected chi connectivity index (χ1v) is 24.5. The number of carbonyl (C=O) groups excluding carboxylic acids is 5. The lowest BCUT2D eigenvalue weighted by Gasteiger charge is -2.37. The second kappa shape index (κ2) is 21.7. The number of pyridine rings is 1. The van der Waals surface area contributed by atoms with E-state index in [-0.39, 0.29) is 49.9 Å². The highest BCUT2D eigenvalue weighted by Crippen LogP contribution is 2.42. The number of benzene rings is 2. The molecule has 70 heavy (non-hydrogen) atoms. The minimum absolute atomic E-state index is 0.0271. The lowest BCUT2D eigenvalue weighted by atomic mass is 9.84. The summed E-state index contributed by atoms with van der Waals surface area (Å²) in [7, 11) is 4.74. The van der Waals surface area contributed by atoms with Gasteiger partial charge in [0.15, 0.2) is 0 Å². The molecule has 17 heteroatoms. The van der Waals surface area contributed by atoms with Crippen LogP contribution in [0, 0.1) is 22.7 Å². The van der Waals surface area contributed by atoms with E-state index >= 15 is 0 Å². The van der Waals surface area contributed by atoms with Crippen molar-refractivity contribution < 1.29 is 38.6 Å². The van der Waals surface area contributed by atoms with Gasteiger partial charge >= 0.3 is 5.97 Å². The molecule has 2 aromatic carbocycles. The van der Waals surface area contributed by atoms with Gasteiger partial charge in [-0.2, -0.15) is 5.26 Å². The van der Waals surface area contributed by atoms with Crippen molar-refractivity contribution >= 4 is 40.5 Å². The molecule has 374 valence electrons. The van der Waals surface area contributed by atoms with Gasteiger partial charge in [-0.05, 0) is 104 Å². The van der Waals surface area contributed by atoms with Crippen LogP contribution in [0.2, 0.25) is 0 Å². The second-order valence-corrected chi connectivity index (χ2v) is 20.2. The number of unbranched alkanes of at least 4 members (excludes halogenated alkanes) is 1. The predicted molar refractivity (Wildman–Crippen MR) is 265 cm³/mol. The number of aromatic nitrogens is 2. The standard InChI is InChI=1S/C53H69N9O8/c1-10-61-43-18-17-35-27-39(43)40(48(61)38-15-13-20-55-46(38)33(4)69-9)28-53(5,6)31-70-52(68)41-16-14-22-62(57-41)50(66)42(25-34-23-36(35)26-37(63)24-34)56-49(65)47(32(2)3)59(8)45(64)30-58(7)51(67)44-29-60(44)21-12-11-19-54/h13,15,17-18,20,23-24,26-27,32-33,41-42,44,47,57,63H,10-12,14,16,21-22,25,28-31H2,1-9H3,(H,56,65)/t33-,41-,42-,44+,47-,60?/m0/s1. The maximum atomic E-state index is 14.8. The van der Waals surface area contributed by atoms with Crippen molar-refractivity contribution in [2.45, 2.75) is 117 Å². The minimum Gasteiger partial charge on any atom is -0.508 e. The summed E-state index contributed by atoms with van der Waals surface area (Å²) < 4.78 is 14.2. The molecule has 2 fully saturated rings. The Bertz CT molecular complexity index is 2660. The highest BCUT2D eigenvalue weighted by atomic mass is 16.5. The topological polar surface area (TPSA) is 202 Å². The van der Waals surface area contributed by atoms with E-state index in [0.29, 0.717) is 62.9 Å². The monoisotopic (exact) mass is 960 g/mol. The fourth-order valence-electron chi connectivity index (χ4n) is 10.1. The van der Waals surface area contributed by atoms with E-state index in [1.54, 1.807) is 46.3 Å². The van der Waals surface area contributed by atoms with Crippen molar-refractivity contribution in [2.24, 2.45) is 11.3 Å². The summed E-state index contributed by atoms with van der Waals surface area (Å²) in [5.74, 6) is -2.66. The number of phenols is 1. The zero-order chi connectivity index (χ0) is 50.6. The van der Waals surface area contributed by atoms with Crippen molar-refractivity contribution in [1.82, 2.24) is 40.0 Å². The molecule has 6 atom stereocenters. The fourth-order valence-corrected chi connectivity index (χ4v) is 10.1. The molecule has 17 nitrogen and oxygen atoms in total. The van der Waals surface area contributed by atoms with E-state index < -0.39 is 53.1 Å². The Balaban J connectivity index is 1.25. The third-order valence-corrected chi connectivity index (χ3v) is 13.9. The van der Waals surface area contributed by atoms with Crippen LogP contribution >= 0.6 is 0 Å². The number of hydrogen-bond donors (Lipinski definition) is 3. The number of rotatable bonds is 14. The van der Waals surface area contributed by atoms with Crippen molar-refractivity contribution in [3.05, 3.63) is 71.5 Å². The summed E-state index contributed by atoms with van der Waals surface area (Å²) in [4.78, 5) is 79.7. The van der Waals surface area contributed by atoms with Gasteiger partial charge in [0.05, 0.1) is 36.7 Å². The van der Waals surface area contributed by atoms with Crippen molar-refractivity contribution in [2.75, 3.05) is 54.0 Å². The number of ether oxygens (including phenoxy) is 2. The third-order valence-electron chi connectivity index (χ3n) is 13.9. The molecular weight excluding hydrogens is 891 g/mol. The maximum Gasteiger partial charge on any atom is 0.324 e. The number of methoxy groups -OCH3 is 1. The zero-order valence-electron chi connectivity index (χ0n) is 42.1. The van der Waals surface area contributed by atoms with Crippen LogP contribution in [0.15, 0.2) is 54.7 Å². The minimum atomic E-state index is -1.20. The average molecular weight is 960 g/mol. The molecule has 6 bridgehead atoms. The van der Waals surface area contributed by atoms with Gasteiger partial charge in [0, 0.05) is 88.3 Å². The molecule has 0 saturated carbocycles. The van der Waals surface area contributed by atoms with Crippen LogP contribution in [0.1, 0.15) is 90.2 Å². The number of aromatic hydroxyl groups is 1. The molecule has 3 aliphatic heterocycles. The van der Waals surface area contributed by atoms with Crippen LogP contribution in [0.5, 0.6) is 5.75 Å². The van der Waals surface area contributed by atoms with Gasteiger partial charge in [-0.25, -0.2) is 5.43 Å². The smallest absolute Gasteiger partial charge is 0.324 e. The van der Waals surface area contributed by atoms with E-state index in [4.69, 9.17) is 19.7 Å². The highest BCUT2D eigenvalue weighted by molar-refractivity contribution is 5.96. The number of aryl methyl sites for hydroxylation is 1. The molecule has 0 radical (unpaired) electrons. The number of hydrogen-bond acceptors (Lipinski definition) is 12. The Morgan fingerprint density at radius 3 is 2.59 bits per heavy atom. The molecule has 3 aliphatic rings. The van der Waals surface area contributed by atoms with Gasteiger partial charge in [-0.3, -0.25) is 38.9 Å². The molecular formula is C53H69N9O8. The second-order valence-electron chi connectivity index (χ2n) is 20.2. The fraction of sp³-hybridized carbons (Fsp3) is 0.528. The van der Waals surface area contributed by atoms with E-state index in [9.17, 15) is 29.1 Å². The first-order chi connectivity index (χ1) is 33.4. The number of cyclic esters (lactones) is 1. The van der Waals surface area contributed by atoms with Gasteiger partial charge in [0.2, 0.25) is 17.7 Å². The van der Waals surface area contributed by atoms with Crippen molar-refractivity contribution in [3.63, 3.8) is 0 Å². The van der Waals surface area contributed by atoms with Crippen LogP contribution in [0.3, 0.4) is 0 Å². The number of likely N-dealkylation sites (N-methyl/N-ethyl adjacent to an activating group) is 2. The Morgan fingerprint density at radius 1 is 1.10 bits per heavy atom. The summed E-state index contributed by atoms with van der Waals surface area (Å²) in [6.07, 6.45) is 3.94. The Morgan fingerprint density at radius 2 is 1.87 bits per heavy atom. The molecule has 5 heterocycles. The Labute approximate surface area is 411 Å². The molecule has 4 amide bonds. The van der Waals surface area contributed by atoms with Crippen LogP contribution in [0.4, 0.5) is 0 Å². The van der Waals surface area contributed by atoms with Crippen LogP contribution in [-0.2, 0) is 52.8 Å². The summed E-state index contributed by atoms with van der Waals surface area (Å²) in [5, 5.41) is 25.6. The average Bonchev–Trinajstić information content (AvgIpc) is 4.05. The van der Waals surface area contributed by atoms with Gasteiger partial charge in [-0.1, -0.05) is 39.8 Å². The first-order valence-electron chi connectivity index (χ1n) is 24.5. The molecule has 2 saturated heterocycles. The number of esters is 1. The molecule has 4 aromatic rings. The number of amides is 4. The number of nitrogens with one attached hydrogen (secondary N) is 2. The van der Waals surface area contributed by atoms with E-state index in [1.165, 1.54) is 21.9 Å². The number of nitriles is 1. The highest BCUT2D eigenvalue weighted by Gasteiger charge is 2.43. The summed E-state index contributed by atoms with van der Waals surface area (Å²) in [6, 6.07) is 14.1. The SMILES string of the molecule is CCn1c(-c2cccnc2[C@H](C)OC)c2c3cc(ccc31)-c1cc(O)cc(c1)C[C@H](NC(=O)[C@H](C(C)C)N(C)C(=O)CN(C)C(=O)[C@H]1CN1CCCC#N)C(=O)N1CCC[C@H](N1)C(=O)OCC(C)(C)C2. The van der Waals surface area contributed by atoms with Crippen molar-refractivity contribution in [3.8, 4) is 34.2 Å². The number of fused-ring (bicyclic) bond motifs is 6. The molecule has 0 aliphatic carbocycles. The molecule has 1 unspecified atom stereocenters. The zero-order valence-corrected chi connectivity index (χ0v) is 42.1. The predicted octanol–water partition coefficient (Wildman–Crippen LogP) is 5.38. The van der Waals surface area contributed by atoms with Gasteiger partial charge < -0.3 is 34.3 Å². The lowest BCUT2D eigenvalue weighted by molar-refractivity contribution is -0.155. The number of nitrogens with zero attached hydrogens (tertiary/aromatic N) is 7. The van der Waals surface area contributed by atoms with Gasteiger partial charge in [0.25, 0.3) is 5.91 Å². The Hall–Kier alpha value is -6.35. The first kappa shape index (κ1) is 51.5. The number of carbonyl (C=O) groups is 5. The summed E-state index contributed by atoms with van der Waals surface area (Å²) >= 11 is 0. The Kier molecular flexibility index (Phi) is 16.0. The van der Waals surface area contributed by atoms with Crippen LogP contribution in [0.25, 0.3) is 33.3 Å². The van der Waals surface area contributed by atoms with Crippen LogP contribution in [-0.4, -0.2) is 142 Å². The molecule has 2 aromatic heterocycles. The molecule has 3 N–H and O–H groups in total. The van der Waals surface area contributed by atoms with Crippen molar-refractivity contribution in [1.29, 1.82) is 5.26 Å². The van der Waals surface area contributed by atoms with E-state index in [0.717, 1.165) is 39.0 Å². The largest absolute Gasteiger partial charge is 0.508 e. The number of hydrazine groups is 1. The van der Waals surface area contributed by atoms with E-state index in [1.807, 2.05) is 30.0 Å². The summed E-state index contributed by atoms with van der Waals surface area (Å²) in [5.41, 5.74) is 9.42. The quantitative estimate of drug-likeness (QED) is 0.0829. The van der Waals surface area contributed by atoms with Crippen LogP contribution < -0.4 is 10.7 Å². The van der Waals surface area contributed by atoms with Gasteiger partial charge in [-0.15, -0.1) is 0 Å². The number of phenolic OH excluding ortho intramolecular Hbond substituents is 1. The molecule has 7 rings (SSSR count). The third kappa shape index (κ3) is 11.3. The normalized spacial score (nSPS) is 21.0. The maximum absolute atomic E-state index is 14.8. The van der Waals surface area contributed by atoms with Gasteiger partial charge in [0.1, 0.15) is 29.9 Å². The lowest BCUT2D eigenvalue weighted by Crippen LogP contribution is -2.62.